The Labute approximate surface area is 174 Å². The average molecular weight is 411 g/mol. The van der Waals surface area contributed by atoms with E-state index in [9.17, 15) is 19.4 Å². The van der Waals surface area contributed by atoms with E-state index in [-0.39, 0.29) is 31.1 Å². The lowest BCUT2D eigenvalue weighted by atomic mass is 10.1. The maximum atomic E-state index is 13.7. The molecule has 7 heteroatoms. The summed E-state index contributed by atoms with van der Waals surface area (Å²) in [4.78, 5) is 14.9. The van der Waals surface area contributed by atoms with E-state index in [4.69, 9.17) is 0 Å². The third-order valence-electron chi connectivity index (χ3n) is 4.90. The zero-order valence-corrected chi connectivity index (χ0v) is 17.0. The van der Waals surface area contributed by atoms with E-state index in [1.54, 1.807) is 25.1 Å². The normalized spacial score (nSPS) is 11.2. The predicted molar refractivity (Wildman–Crippen MR) is 114 cm³/mol. The summed E-state index contributed by atoms with van der Waals surface area (Å²) >= 11 is 0. The summed E-state index contributed by atoms with van der Waals surface area (Å²) in [7, 11) is 0. The smallest absolute Gasteiger partial charge is 0.271 e. The van der Waals surface area contributed by atoms with Crippen LogP contribution in [0.2, 0.25) is 0 Å². The Kier molecular flexibility index (Phi) is 7.46. The first-order valence-electron chi connectivity index (χ1n) is 9.87. The van der Waals surface area contributed by atoms with Crippen LogP contribution in [0.3, 0.4) is 0 Å². The molecule has 2 aromatic carbocycles. The van der Waals surface area contributed by atoms with Crippen molar-refractivity contribution >= 4 is 0 Å². The molecule has 0 aliphatic heterocycles. The first-order valence-corrected chi connectivity index (χ1v) is 9.87. The lowest BCUT2D eigenvalue weighted by molar-refractivity contribution is 0.155. The highest BCUT2D eigenvalue weighted by Gasteiger charge is 2.15. The average Bonchev–Trinajstić information content (AvgIpc) is 2.74. The van der Waals surface area contributed by atoms with Crippen LogP contribution in [0.1, 0.15) is 16.7 Å². The fraction of sp³-hybridized carbons (Fsp3) is 0.304. The molecule has 6 nitrogen and oxygen atoms in total. The van der Waals surface area contributed by atoms with E-state index in [0.717, 1.165) is 5.56 Å². The molecular formula is C23H26FN3O3. The van der Waals surface area contributed by atoms with Crippen LogP contribution in [0.25, 0.3) is 11.3 Å². The van der Waals surface area contributed by atoms with Crippen LogP contribution < -0.4 is 5.56 Å². The van der Waals surface area contributed by atoms with Crippen LogP contribution in [0.5, 0.6) is 0 Å². The van der Waals surface area contributed by atoms with E-state index in [1.165, 1.54) is 10.7 Å². The molecule has 0 fully saturated rings. The van der Waals surface area contributed by atoms with Crippen LogP contribution in [-0.2, 0) is 13.1 Å². The molecule has 0 radical (unpaired) electrons. The van der Waals surface area contributed by atoms with Gasteiger partial charge in [-0.3, -0.25) is 9.69 Å². The predicted octanol–water partition coefficient (Wildman–Crippen LogP) is 2.19. The van der Waals surface area contributed by atoms with Crippen molar-refractivity contribution in [2.24, 2.45) is 0 Å². The fourth-order valence-electron chi connectivity index (χ4n) is 3.31. The Morgan fingerprint density at radius 3 is 2.37 bits per heavy atom. The number of aryl methyl sites for hydroxylation is 1. The Bertz CT molecular complexity index is 1030. The molecular weight excluding hydrogens is 385 g/mol. The van der Waals surface area contributed by atoms with Gasteiger partial charge in [-0.25, -0.2) is 9.07 Å². The van der Waals surface area contributed by atoms with Crippen LogP contribution >= 0.6 is 0 Å². The summed E-state index contributed by atoms with van der Waals surface area (Å²) in [6, 6.07) is 16.0. The van der Waals surface area contributed by atoms with Crippen LogP contribution in [0.4, 0.5) is 4.39 Å². The maximum Gasteiger partial charge on any atom is 0.271 e. The van der Waals surface area contributed by atoms with Crippen molar-refractivity contribution in [2.45, 2.75) is 20.0 Å². The number of benzene rings is 2. The number of hydrogen-bond donors (Lipinski definition) is 2. The molecule has 0 atom stereocenters. The van der Waals surface area contributed by atoms with E-state index in [1.807, 2.05) is 35.2 Å². The number of aliphatic hydroxyl groups excluding tert-OH is 2. The lowest BCUT2D eigenvalue weighted by Gasteiger charge is -2.20. The molecule has 158 valence electrons. The van der Waals surface area contributed by atoms with Gasteiger partial charge in [0.1, 0.15) is 5.82 Å². The van der Waals surface area contributed by atoms with Crippen LogP contribution in [0, 0.1) is 12.7 Å². The van der Waals surface area contributed by atoms with Crippen molar-refractivity contribution in [1.82, 2.24) is 14.7 Å². The van der Waals surface area contributed by atoms with E-state index in [0.29, 0.717) is 42.0 Å². The van der Waals surface area contributed by atoms with Gasteiger partial charge in [-0.1, -0.05) is 30.3 Å². The Hall–Kier alpha value is -2.87. The third-order valence-corrected chi connectivity index (χ3v) is 4.90. The van der Waals surface area contributed by atoms with Gasteiger partial charge in [0.25, 0.3) is 5.56 Å². The van der Waals surface area contributed by atoms with Crippen molar-refractivity contribution in [3.63, 3.8) is 0 Å². The molecule has 0 spiro atoms. The van der Waals surface area contributed by atoms with Gasteiger partial charge in [-0.15, -0.1) is 0 Å². The summed E-state index contributed by atoms with van der Waals surface area (Å²) in [5.41, 5.74) is 2.98. The zero-order chi connectivity index (χ0) is 21.5. The molecule has 3 rings (SSSR count). The van der Waals surface area contributed by atoms with Crippen molar-refractivity contribution in [3.05, 3.63) is 87.5 Å². The SMILES string of the molecule is Cc1cc(-c2cc(CN(CCO)CCO)c(=O)n(Cc3ccccc3)n2)ccc1F. The molecule has 2 N–H and O–H groups in total. The third kappa shape index (κ3) is 5.38. The minimum atomic E-state index is -0.298. The first kappa shape index (κ1) is 21.8. The largest absolute Gasteiger partial charge is 0.395 e. The maximum absolute atomic E-state index is 13.7. The van der Waals surface area contributed by atoms with Crippen molar-refractivity contribution in [3.8, 4) is 11.3 Å². The number of hydrogen-bond acceptors (Lipinski definition) is 5. The van der Waals surface area contributed by atoms with Gasteiger partial charge in [-0.05, 0) is 42.3 Å². The molecule has 30 heavy (non-hydrogen) atoms. The van der Waals surface area contributed by atoms with E-state index < -0.39 is 0 Å². The second-order valence-corrected chi connectivity index (χ2v) is 7.19. The van der Waals surface area contributed by atoms with Crippen molar-refractivity contribution in [1.29, 1.82) is 0 Å². The Morgan fingerprint density at radius 2 is 1.73 bits per heavy atom. The van der Waals surface area contributed by atoms with Gasteiger partial charge in [0.2, 0.25) is 0 Å². The van der Waals surface area contributed by atoms with Crippen LogP contribution in [-0.4, -0.2) is 51.2 Å². The molecule has 1 aromatic heterocycles. The highest BCUT2D eigenvalue weighted by atomic mass is 19.1. The van der Waals surface area contributed by atoms with Gasteiger partial charge in [0, 0.05) is 30.8 Å². The highest BCUT2D eigenvalue weighted by Crippen LogP contribution is 2.20. The summed E-state index contributed by atoms with van der Waals surface area (Å²) in [5.74, 6) is -0.298. The number of halogens is 1. The van der Waals surface area contributed by atoms with Crippen LogP contribution in [0.15, 0.2) is 59.4 Å². The molecule has 0 aliphatic carbocycles. The van der Waals surface area contributed by atoms with Crippen molar-refractivity contribution in [2.75, 3.05) is 26.3 Å². The molecule has 0 aliphatic rings. The topological polar surface area (TPSA) is 78.6 Å². The van der Waals surface area contributed by atoms with Gasteiger partial charge in [-0.2, -0.15) is 5.10 Å². The highest BCUT2D eigenvalue weighted by molar-refractivity contribution is 5.60. The quantitative estimate of drug-likeness (QED) is 0.564. The molecule has 0 bridgehead atoms. The molecule has 1 heterocycles. The fourth-order valence-corrected chi connectivity index (χ4v) is 3.31. The number of nitrogens with zero attached hydrogens (tertiary/aromatic N) is 3. The Balaban J connectivity index is 2.06. The molecule has 3 aromatic rings. The molecule has 0 saturated carbocycles. The van der Waals surface area contributed by atoms with Gasteiger partial charge < -0.3 is 10.2 Å². The minimum Gasteiger partial charge on any atom is -0.395 e. The second-order valence-electron chi connectivity index (χ2n) is 7.19. The van der Waals surface area contributed by atoms with Gasteiger partial charge in [0.05, 0.1) is 25.5 Å². The van der Waals surface area contributed by atoms with E-state index in [2.05, 4.69) is 5.10 Å². The summed E-state index contributed by atoms with van der Waals surface area (Å²) < 4.78 is 15.1. The lowest BCUT2D eigenvalue weighted by Crippen LogP contribution is -2.34. The zero-order valence-electron chi connectivity index (χ0n) is 17.0. The van der Waals surface area contributed by atoms with E-state index >= 15 is 0 Å². The molecule has 0 unspecified atom stereocenters. The number of aliphatic hydroxyl groups is 2. The molecule has 0 saturated heterocycles. The number of rotatable bonds is 9. The minimum absolute atomic E-state index is 0.0761. The Morgan fingerprint density at radius 1 is 1.03 bits per heavy atom. The van der Waals surface area contributed by atoms with Gasteiger partial charge >= 0.3 is 0 Å². The van der Waals surface area contributed by atoms with Crippen molar-refractivity contribution < 1.29 is 14.6 Å². The monoisotopic (exact) mass is 411 g/mol. The number of aromatic nitrogens is 2. The second kappa shape index (κ2) is 10.2. The first-order chi connectivity index (χ1) is 14.5. The summed E-state index contributed by atoms with van der Waals surface area (Å²) in [6.07, 6.45) is 0. The standard InChI is InChI=1S/C23H26FN3O3/c1-17-13-19(7-8-21(17)24)22-14-20(16-26(9-11-28)10-12-29)23(30)27(25-22)15-18-5-3-2-4-6-18/h2-8,13-14,28-29H,9-12,15-16H2,1H3. The molecule has 0 amide bonds. The van der Waals surface area contributed by atoms with Gasteiger partial charge in [0.15, 0.2) is 0 Å². The summed E-state index contributed by atoms with van der Waals surface area (Å²) in [5, 5.41) is 23.1. The summed E-state index contributed by atoms with van der Waals surface area (Å²) in [6.45, 7) is 2.79.